The second-order valence-electron chi connectivity index (χ2n) is 8.82. The highest BCUT2D eigenvalue weighted by atomic mass is 16.5. The quantitative estimate of drug-likeness (QED) is 0.769. The summed E-state index contributed by atoms with van der Waals surface area (Å²) in [5.41, 5.74) is 3.68. The topological polar surface area (TPSA) is 67.5 Å². The summed E-state index contributed by atoms with van der Waals surface area (Å²) in [6.07, 6.45) is 7.14. The number of likely N-dealkylation sites (tertiary alicyclic amines) is 1. The number of rotatable bonds is 5. The number of ether oxygens (including phenoxy) is 2. The van der Waals surface area contributed by atoms with Gasteiger partial charge in [0.1, 0.15) is 0 Å². The molecule has 1 aromatic heterocycles. The van der Waals surface area contributed by atoms with Crippen molar-refractivity contribution in [1.29, 1.82) is 0 Å². The summed E-state index contributed by atoms with van der Waals surface area (Å²) in [5.74, 6) is 0.812. The third kappa shape index (κ3) is 4.24. The minimum atomic E-state index is -0.274. The van der Waals surface area contributed by atoms with Gasteiger partial charge in [0, 0.05) is 17.7 Å². The molecule has 1 amide bonds. The molecule has 2 aromatic rings. The number of amides is 1. The molecule has 0 bridgehead atoms. The molecule has 2 aliphatic rings. The van der Waals surface area contributed by atoms with Crippen molar-refractivity contribution in [2.24, 2.45) is 0 Å². The highest BCUT2D eigenvalue weighted by Gasteiger charge is 2.44. The van der Waals surface area contributed by atoms with Crippen molar-refractivity contribution in [3.05, 3.63) is 53.3 Å². The van der Waals surface area contributed by atoms with Crippen molar-refractivity contribution in [1.82, 2.24) is 15.1 Å². The molecule has 3 unspecified atom stereocenters. The van der Waals surface area contributed by atoms with Gasteiger partial charge in [-0.1, -0.05) is 30.3 Å². The van der Waals surface area contributed by atoms with E-state index in [2.05, 4.69) is 54.4 Å². The van der Waals surface area contributed by atoms with E-state index in [1.807, 2.05) is 11.1 Å². The van der Waals surface area contributed by atoms with E-state index in [4.69, 9.17) is 9.47 Å². The predicted octanol–water partition coefficient (Wildman–Crippen LogP) is 4.77. The first-order valence-electron chi connectivity index (χ1n) is 11.1. The first kappa shape index (κ1) is 20.9. The summed E-state index contributed by atoms with van der Waals surface area (Å²) < 4.78 is 11.5. The molecule has 1 aliphatic heterocycles. The lowest BCUT2D eigenvalue weighted by Gasteiger charge is -2.33. The normalized spacial score (nSPS) is 29.2. The maximum atomic E-state index is 12.5. The fraction of sp³-hybridized carbons (Fsp3) is 0.583. The lowest BCUT2D eigenvalue weighted by Crippen LogP contribution is -2.44. The molecule has 6 heteroatoms. The summed E-state index contributed by atoms with van der Waals surface area (Å²) in [5, 5.41) is 7.36. The summed E-state index contributed by atoms with van der Waals surface area (Å²) in [6, 6.07) is 10.8. The Kier molecular flexibility index (Phi) is 6.42. The first-order valence-corrected chi connectivity index (χ1v) is 11.1. The summed E-state index contributed by atoms with van der Waals surface area (Å²) in [6.45, 7) is 4.68. The Balaban J connectivity index is 1.40. The van der Waals surface area contributed by atoms with Crippen LogP contribution in [0.4, 0.5) is 4.79 Å². The molecule has 0 spiro atoms. The Morgan fingerprint density at radius 3 is 2.57 bits per heavy atom. The lowest BCUT2D eigenvalue weighted by molar-refractivity contribution is -0.00846. The Morgan fingerprint density at radius 2 is 1.93 bits per heavy atom. The van der Waals surface area contributed by atoms with Gasteiger partial charge in [0.2, 0.25) is 0 Å². The largest absolute Gasteiger partial charge is 0.453 e. The van der Waals surface area contributed by atoms with Crippen molar-refractivity contribution in [2.45, 2.75) is 76.0 Å². The monoisotopic (exact) mass is 411 g/mol. The van der Waals surface area contributed by atoms with Gasteiger partial charge in [-0.2, -0.15) is 5.10 Å². The molecule has 162 valence electrons. The van der Waals surface area contributed by atoms with E-state index in [0.29, 0.717) is 12.5 Å². The zero-order valence-electron chi connectivity index (χ0n) is 18.2. The number of aryl methyl sites for hydroxylation is 1. The molecule has 1 saturated heterocycles. The summed E-state index contributed by atoms with van der Waals surface area (Å²) in [7, 11) is 1.45. The van der Waals surface area contributed by atoms with Crippen LogP contribution in [0.2, 0.25) is 0 Å². The Morgan fingerprint density at radius 1 is 1.20 bits per heavy atom. The molecule has 30 heavy (non-hydrogen) atoms. The predicted molar refractivity (Wildman–Crippen MR) is 116 cm³/mol. The van der Waals surface area contributed by atoms with Crippen LogP contribution >= 0.6 is 0 Å². The zero-order chi connectivity index (χ0) is 21.1. The lowest BCUT2D eigenvalue weighted by atomic mass is 9.83. The van der Waals surface area contributed by atoms with Gasteiger partial charge in [-0.25, -0.2) is 4.79 Å². The van der Waals surface area contributed by atoms with Crippen LogP contribution in [0.15, 0.2) is 36.5 Å². The maximum absolute atomic E-state index is 12.5. The fourth-order valence-electron chi connectivity index (χ4n) is 5.34. The van der Waals surface area contributed by atoms with Gasteiger partial charge in [0.25, 0.3) is 0 Å². The number of hydrogen-bond donors (Lipinski definition) is 1. The number of H-pyrrole nitrogens is 1. The van der Waals surface area contributed by atoms with Gasteiger partial charge < -0.3 is 9.47 Å². The minimum absolute atomic E-state index is 0.0431. The van der Waals surface area contributed by atoms with Crippen molar-refractivity contribution >= 4 is 6.09 Å². The number of benzene rings is 1. The summed E-state index contributed by atoms with van der Waals surface area (Å²) in [4.78, 5) is 14.4. The molecule has 6 nitrogen and oxygen atoms in total. The number of carbonyl (C=O) groups is 1. The number of aromatic amines is 1. The van der Waals surface area contributed by atoms with Crippen LogP contribution in [0.25, 0.3) is 0 Å². The van der Waals surface area contributed by atoms with Crippen LogP contribution in [0.3, 0.4) is 0 Å². The molecule has 1 N–H and O–H groups in total. The molecular formula is C24H33N3O3. The van der Waals surface area contributed by atoms with E-state index in [1.54, 1.807) is 0 Å². The van der Waals surface area contributed by atoms with E-state index in [1.165, 1.54) is 12.7 Å². The van der Waals surface area contributed by atoms with E-state index in [9.17, 15) is 4.79 Å². The number of nitrogens with one attached hydrogen (secondary N) is 1. The fourth-order valence-corrected chi connectivity index (χ4v) is 5.34. The van der Waals surface area contributed by atoms with Crippen molar-refractivity contribution in [3.63, 3.8) is 0 Å². The maximum Gasteiger partial charge on any atom is 0.410 e. The highest BCUT2D eigenvalue weighted by Crippen LogP contribution is 2.39. The van der Waals surface area contributed by atoms with Gasteiger partial charge in [0.15, 0.2) is 0 Å². The molecule has 4 rings (SSSR count). The van der Waals surface area contributed by atoms with Crippen LogP contribution in [-0.4, -0.2) is 53.1 Å². The minimum Gasteiger partial charge on any atom is -0.453 e. The zero-order valence-corrected chi connectivity index (χ0v) is 18.2. The smallest absolute Gasteiger partial charge is 0.410 e. The molecular weight excluding hydrogens is 378 g/mol. The number of hydrogen-bond acceptors (Lipinski definition) is 4. The van der Waals surface area contributed by atoms with Crippen molar-refractivity contribution in [3.8, 4) is 0 Å². The van der Waals surface area contributed by atoms with Crippen LogP contribution in [0.1, 0.15) is 67.7 Å². The van der Waals surface area contributed by atoms with Gasteiger partial charge in [0.05, 0.1) is 32.1 Å². The molecule has 1 aliphatic carbocycles. The average molecular weight is 412 g/mol. The van der Waals surface area contributed by atoms with Gasteiger partial charge >= 0.3 is 6.09 Å². The first-order chi connectivity index (χ1) is 14.6. The molecule has 2 fully saturated rings. The molecule has 1 aromatic carbocycles. The van der Waals surface area contributed by atoms with Gasteiger partial charge in [-0.15, -0.1) is 0 Å². The Hall–Kier alpha value is -2.34. The van der Waals surface area contributed by atoms with E-state index < -0.39 is 0 Å². The SMILES string of the molecule is COC(=O)N1C(C)CC(c2[nH]ncc2C)C1COC1CCC(c2ccccc2)CC1. The van der Waals surface area contributed by atoms with Crippen LogP contribution in [0, 0.1) is 6.92 Å². The highest BCUT2D eigenvalue weighted by molar-refractivity contribution is 5.69. The Bertz CT molecular complexity index is 829. The average Bonchev–Trinajstić information content (AvgIpc) is 3.35. The number of aromatic nitrogens is 2. The van der Waals surface area contributed by atoms with E-state index >= 15 is 0 Å². The van der Waals surface area contributed by atoms with Crippen LogP contribution in [-0.2, 0) is 9.47 Å². The molecule has 0 radical (unpaired) electrons. The number of methoxy groups -OCH3 is 1. The standard InChI is InChI=1S/C24H33N3O3/c1-16-14-25-26-23(16)21-13-17(2)27(24(28)29-3)22(21)15-30-20-11-9-19(10-12-20)18-7-5-4-6-8-18/h4-8,14,17,19-22H,9-13,15H2,1-3H3,(H,25,26). The number of carbonyl (C=O) groups excluding carboxylic acids is 1. The van der Waals surface area contributed by atoms with Crippen molar-refractivity contribution < 1.29 is 14.3 Å². The molecule has 3 atom stereocenters. The summed E-state index contributed by atoms with van der Waals surface area (Å²) >= 11 is 0. The second kappa shape index (κ2) is 9.21. The second-order valence-corrected chi connectivity index (χ2v) is 8.82. The third-order valence-electron chi connectivity index (χ3n) is 6.96. The van der Waals surface area contributed by atoms with Gasteiger partial charge in [-0.05, 0) is 63.0 Å². The molecule has 1 saturated carbocycles. The number of nitrogens with zero attached hydrogens (tertiary/aromatic N) is 2. The third-order valence-corrected chi connectivity index (χ3v) is 6.96. The van der Waals surface area contributed by atoms with Crippen molar-refractivity contribution in [2.75, 3.05) is 13.7 Å². The van der Waals surface area contributed by atoms with Gasteiger partial charge in [-0.3, -0.25) is 10.00 Å². The molecule has 2 heterocycles. The van der Waals surface area contributed by atoms with E-state index in [0.717, 1.165) is 43.4 Å². The van der Waals surface area contributed by atoms with Crippen LogP contribution < -0.4 is 0 Å². The van der Waals surface area contributed by atoms with Crippen LogP contribution in [0.5, 0.6) is 0 Å². The van der Waals surface area contributed by atoms with E-state index in [-0.39, 0.29) is 30.2 Å². The Labute approximate surface area is 178 Å².